The average Bonchev–Trinajstić information content (AvgIpc) is 2.71. The molecule has 0 aliphatic carbocycles. The summed E-state index contributed by atoms with van der Waals surface area (Å²) >= 11 is 0. The van der Waals surface area contributed by atoms with Crippen molar-refractivity contribution in [3.8, 4) is 6.01 Å². The highest BCUT2D eigenvalue weighted by molar-refractivity contribution is 7.89. The van der Waals surface area contributed by atoms with E-state index in [1.165, 1.54) is 30.0 Å². The number of rotatable bonds is 10. The van der Waals surface area contributed by atoms with Crippen molar-refractivity contribution < 1.29 is 35.9 Å². The van der Waals surface area contributed by atoms with Crippen LogP contribution in [0.1, 0.15) is 22.8 Å². The van der Waals surface area contributed by atoms with Crippen LogP contribution in [0.3, 0.4) is 0 Å². The molecular weight excluding hydrogens is 469 g/mol. The fraction of sp³-hybridized carbons (Fsp3) is 0.444. The fourth-order valence-corrected chi connectivity index (χ4v) is 3.84. The lowest BCUT2D eigenvalue weighted by Gasteiger charge is -2.15. The monoisotopic (exact) mass is 492 g/mol. The largest absolute Gasteiger partial charge is 0.462 e. The summed E-state index contributed by atoms with van der Waals surface area (Å²) in [5.74, 6) is -1.05. The van der Waals surface area contributed by atoms with Gasteiger partial charge in [-0.1, -0.05) is 12.1 Å². The van der Waals surface area contributed by atoms with E-state index in [0.29, 0.717) is 5.56 Å². The Morgan fingerprint density at radius 1 is 1.18 bits per heavy atom. The topological polar surface area (TPSA) is 136 Å². The van der Waals surface area contributed by atoms with E-state index in [2.05, 4.69) is 29.7 Å². The molecule has 0 saturated carbocycles. The first-order valence-electron chi connectivity index (χ1n) is 9.47. The van der Waals surface area contributed by atoms with Crippen molar-refractivity contribution in [3.63, 3.8) is 0 Å². The second-order valence-corrected chi connectivity index (χ2v) is 8.42. The van der Waals surface area contributed by atoms with E-state index in [-0.39, 0.29) is 29.0 Å². The quantitative estimate of drug-likeness (QED) is 0.373. The summed E-state index contributed by atoms with van der Waals surface area (Å²) in [5.41, 5.74) is 0.174. The third kappa shape index (κ3) is 7.42. The number of carbonyl (C=O) groups is 1. The van der Waals surface area contributed by atoms with Crippen molar-refractivity contribution in [1.82, 2.24) is 19.7 Å². The second kappa shape index (κ2) is 10.6. The maximum absolute atomic E-state index is 12.9. The van der Waals surface area contributed by atoms with E-state index in [9.17, 15) is 26.4 Å². The predicted molar refractivity (Wildman–Crippen MR) is 112 cm³/mol. The maximum Gasteiger partial charge on any atom is 0.422 e. The van der Waals surface area contributed by atoms with E-state index in [4.69, 9.17) is 4.74 Å². The molecule has 11 nitrogen and oxygen atoms in total. The molecule has 182 valence electrons. The molecule has 15 heteroatoms. The molecule has 0 spiro atoms. The SMILES string of the molecule is CCOC(=O)c1cccc(C)c1S(=O)(=O)NCNc1nc(OCC(F)(F)F)nc(N(C)C)n1. The maximum atomic E-state index is 12.9. The zero-order valence-corrected chi connectivity index (χ0v) is 19.0. The third-order valence-electron chi connectivity index (χ3n) is 3.85. The number of halogens is 3. The summed E-state index contributed by atoms with van der Waals surface area (Å²) in [5, 5.41) is 2.54. The highest BCUT2D eigenvalue weighted by atomic mass is 32.2. The Labute approximate surface area is 188 Å². The number of benzene rings is 1. The highest BCUT2D eigenvalue weighted by Crippen LogP contribution is 2.22. The molecule has 1 heterocycles. The van der Waals surface area contributed by atoms with Gasteiger partial charge in [-0.15, -0.1) is 0 Å². The number of hydrogen-bond acceptors (Lipinski definition) is 10. The molecule has 2 aromatic rings. The summed E-state index contributed by atoms with van der Waals surface area (Å²) < 4.78 is 74.7. The van der Waals surface area contributed by atoms with Crippen LogP contribution < -0.4 is 19.7 Å². The molecule has 0 unspecified atom stereocenters. The molecule has 0 amide bonds. The van der Waals surface area contributed by atoms with Gasteiger partial charge in [-0.3, -0.25) is 0 Å². The molecule has 1 aromatic carbocycles. The van der Waals surface area contributed by atoms with Gasteiger partial charge in [0.05, 0.1) is 23.7 Å². The Morgan fingerprint density at radius 2 is 1.88 bits per heavy atom. The Morgan fingerprint density at radius 3 is 2.48 bits per heavy atom. The zero-order chi connectivity index (χ0) is 24.8. The number of hydrogen-bond donors (Lipinski definition) is 2. The number of anilines is 2. The summed E-state index contributed by atoms with van der Waals surface area (Å²) in [6.45, 7) is 1.11. The van der Waals surface area contributed by atoms with Gasteiger partial charge in [0.25, 0.3) is 0 Å². The van der Waals surface area contributed by atoms with Gasteiger partial charge in [0.1, 0.15) is 0 Å². The van der Waals surface area contributed by atoms with E-state index in [0.717, 1.165) is 0 Å². The molecule has 0 saturated heterocycles. The van der Waals surface area contributed by atoms with Gasteiger partial charge in [0.15, 0.2) is 6.61 Å². The van der Waals surface area contributed by atoms with Crippen LogP contribution in [-0.4, -0.2) is 69.5 Å². The van der Waals surface area contributed by atoms with Crippen LogP contribution in [0.2, 0.25) is 0 Å². The minimum atomic E-state index is -4.60. The Kier molecular flexibility index (Phi) is 8.38. The van der Waals surface area contributed by atoms with Gasteiger partial charge in [-0.25, -0.2) is 13.2 Å². The zero-order valence-electron chi connectivity index (χ0n) is 18.2. The van der Waals surface area contributed by atoms with Gasteiger partial charge in [-0.2, -0.15) is 32.8 Å². The summed E-state index contributed by atoms with van der Waals surface area (Å²) in [6, 6.07) is 3.77. The molecule has 2 rings (SSSR count). The number of aryl methyl sites for hydroxylation is 1. The number of alkyl halides is 3. The molecule has 33 heavy (non-hydrogen) atoms. The number of aromatic nitrogens is 3. The highest BCUT2D eigenvalue weighted by Gasteiger charge is 2.29. The average molecular weight is 492 g/mol. The molecule has 2 N–H and O–H groups in total. The first kappa shape index (κ1) is 26.1. The fourth-order valence-electron chi connectivity index (χ4n) is 2.50. The molecule has 0 radical (unpaired) electrons. The van der Waals surface area contributed by atoms with Crippen molar-refractivity contribution in [1.29, 1.82) is 0 Å². The second-order valence-electron chi connectivity index (χ2n) is 6.71. The van der Waals surface area contributed by atoms with Crippen LogP contribution in [0.5, 0.6) is 6.01 Å². The first-order valence-corrected chi connectivity index (χ1v) is 11.0. The standard InChI is InChI=1S/C18H23F3N6O5S/c1-5-31-14(28)12-8-6-7-11(2)13(12)33(29,30)23-10-22-15-24-16(27(3)4)26-17(25-15)32-9-18(19,20)21/h6-8,23H,5,9-10H2,1-4H3,(H,22,24,25,26). The van der Waals surface area contributed by atoms with Crippen molar-refractivity contribution in [2.24, 2.45) is 0 Å². The van der Waals surface area contributed by atoms with E-state index in [1.54, 1.807) is 21.0 Å². The number of esters is 1. The first-order chi connectivity index (χ1) is 15.3. The predicted octanol–water partition coefficient (Wildman–Crippen LogP) is 1.71. The lowest BCUT2D eigenvalue weighted by Crippen LogP contribution is -2.32. The molecule has 0 aliphatic heterocycles. The lowest BCUT2D eigenvalue weighted by molar-refractivity contribution is -0.154. The normalized spacial score (nSPS) is 11.7. The van der Waals surface area contributed by atoms with Crippen LogP contribution in [0.15, 0.2) is 23.1 Å². The third-order valence-corrected chi connectivity index (χ3v) is 5.46. The minimum Gasteiger partial charge on any atom is -0.462 e. The molecule has 0 aliphatic rings. The number of ether oxygens (including phenoxy) is 2. The van der Waals surface area contributed by atoms with Crippen LogP contribution >= 0.6 is 0 Å². The van der Waals surface area contributed by atoms with Crippen molar-refractivity contribution >= 4 is 27.9 Å². The summed E-state index contributed by atoms with van der Waals surface area (Å²) in [4.78, 5) is 24.8. The minimum absolute atomic E-state index is 0.0176. The number of carbonyl (C=O) groups excluding carboxylic acids is 1. The van der Waals surface area contributed by atoms with E-state index in [1.807, 2.05) is 0 Å². The van der Waals surface area contributed by atoms with Gasteiger partial charge < -0.3 is 19.7 Å². The van der Waals surface area contributed by atoms with Crippen LogP contribution in [0.25, 0.3) is 0 Å². The van der Waals surface area contributed by atoms with Crippen molar-refractivity contribution in [2.45, 2.75) is 24.9 Å². The summed E-state index contributed by atoms with van der Waals surface area (Å²) in [7, 11) is -1.10. The van der Waals surface area contributed by atoms with Crippen molar-refractivity contribution in [2.75, 3.05) is 44.2 Å². The van der Waals surface area contributed by atoms with E-state index < -0.39 is 41.5 Å². The van der Waals surface area contributed by atoms with Gasteiger partial charge in [-0.05, 0) is 25.5 Å². The Bertz CT molecular complexity index is 1100. The van der Waals surface area contributed by atoms with Crippen molar-refractivity contribution in [3.05, 3.63) is 29.3 Å². The smallest absolute Gasteiger partial charge is 0.422 e. The Hall–Kier alpha value is -3.20. The Balaban J connectivity index is 2.21. The summed E-state index contributed by atoms with van der Waals surface area (Å²) in [6.07, 6.45) is -4.60. The molecule has 0 atom stereocenters. The molecule has 0 bridgehead atoms. The number of nitrogens with zero attached hydrogens (tertiary/aromatic N) is 4. The van der Waals surface area contributed by atoms with Crippen LogP contribution in [0, 0.1) is 6.92 Å². The molecular formula is C18H23F3N6O5S. The van der Waals surface area contributed by atoms with Crippen LogP contribution in [0.4, 0.5) is 25.1 Å². The van der Waals surface area contributed by atoms with Crippen LogP contribution in [-0.2, 0) is 14.8 Å². The molecule has 1 aromatic heterocycles. The number of nitrogens with one attached hydrogen (secondary N) is 2. The number of sulfonamides is 1. The van der Waals surface area contributed by atoms with Gasteiger partial charge in [0.2, 0.25) is 21.9 Å². The van der Waals surface area contributed by atoms with E-state index >= 15 is 0 Å². The lowest BCUT2D eigenvalue weighted by atomic mass is 10.1. The molecule has 0 fully saturated rings. The van der Waals surface area contributed by atoms with Gasteiger partial charge >= 0.3 is 18.2 Å². The van der Waals surface area contributed by atoms with Gasteiger partial charge in [0, 0.05) is 14.1 Å².